The Morgan fingerprint density at radius 3 is 2.74 bits per heavy atom. The third-order valence-corrected chi connectivity index (χ3v) is 3.64. The summed E-state index contributed by atoms with van der Waals surface area (Å²) in [7, 11) is 0. The molecule has 104 valence electrons. The third kappa shape index (κ3) is 4.22. The van der Waals surface area contributed by atoms with Crippen LogP contribution in [0.4, 0.5) is 13.2 Å². The lowest BCUT2D eigenvalue weighted by molar-refractivity contribution is -0.137. The first-order valence-corrected chi connectivity index (χ1v) is 6.69. The second kappa shape index (κ2) is 5.94. The summed E-state index contributed by atoms with van der Waals surface area (Å²) in [6, 6.07) is 3.72. The van der Waals surface area contributed by atoms with Crippen molar-refractivity contribution >= 4 is 22.9 Å². The van der Waals surface area contributed by atoms with Gasteiger partial charge in [0.2, 0.25) is 0 Å². The molecule has 0 saturated heterocycles. The Balaban J connectivity index is 1.75. The van der Waals surface area contributed by atoms with Gasteiger partial charge >= 0.3 is 6.18 Å². The van der Waals surface area contributed by atoms with Gasteiger partial charge in [0, 0.05) is 24.2 Å². The van der Waals surface area contributed by atoms with Crippen molar-refractivity contribution in [3.63, 3.8) is 0 Å². The molecule has 0 aliphatic carbocycles. The molecular weight excluding hydrogens is 299 g/mol. The Morgan fingerprint density at radius 1 is 1.37 bits per heavy atom. The van der Waals surface area contributed by atoms with Gasteiger partial charge in [-0.1, -0.05) is 11.6 Å². The summed E-state index contributed by atoms with van der Waals surface area (Å²) in [4.78, 5) is 1.08. The van der Waals surface area contributed by atoms with Crippen molar-refractivity contribution < 1.29 is 13.2 Å². The number of aromatic nitrogens is 2. The van der Waals surface area contributed by atoms with Gasteiger partial charge < -0.3 is 5.32 Å². The Morgan fingerprint density at radius 2 is 2.16 bits per heavy atom. The molecule has 0 aromatic carbocycles. The number of rotatable bonds is 5. The number of nitrogens with one attached hydrogen (secondary N) is 1. The Hall–Kier alpha value is -1.05. The molecule has 19 heavy (non-hydrogen) atoms. The van der Waals surface area contributed by atoms with E-state index in [2.05, 4.69) is 10.4 Å². The zero-order valence-corrected chi connectivity index (χ0v) is 11.3. The van der Waals surface area contributed by atoms with Crippen LogP contribution in [0.25, 0.3) is 0 Å². The standard InChI is InChI=1S/C11H11ClF3N3S/c12-10-2-1-9(19-10)6-16-3-4-18-7-8(5-17-18)11(13,14)15/h1-2,5,7,16H,3-4,6H2. The van der Waals surface area contributed by atoms with Gasteiger partial charge in [0.25, 0.3) is 0 Å². The van der Waals surface area contributed by atoms with E-state index < -0.39 is 11.7 Å². The molecule has 0 spiro atoms. The second-order valence-electron chi connectivity index (χ2n) is 3.87. The molecule has 0 aliphatic heterocycles. The molecule has 0 radical (unpaired) electrons. The molecule has 2 aromatic heterocycles. The van der Waals surface area contributed by atoms with E-state index >= 15 is 0 Å². The van der Waals surface area contributed by atoms with Crippen molar-refractivity contribution in [3.05, 3.63) is 39.3 Å². The van der Waals surface area contributed by atoms with Crippen molar-refractivity contribution in [2.45, 2.75) is 19.3 Å². The maximum atomic E-state index is 12.3. The molecule has 2 heterocycles. The zero-order valence-electron chi connectivity index (χ0n) is 9.75. The van der Waals surface area contributed by atoms with Crippen LogP contribution < -0.4 is 5.32 Å². The number of hydrogen-bond acceptors (Lipinski definition) is 3. The highest BCUT2D eigenvalue weighted by Crippen LogP contribution is 2.28. The van der Waals surface area contributed by atoms with Crippen LogP contribution in [0.1, 0.15) is 10.4 Å². The lowest BCUT2D eigenvalue weighted by atomic mass is 10.4. The number of halogens is 4. The average Bonchev–Trinajstić information content (AvgIpc) is 2.93. The largest absolute Gasteiger partial charge is 0.419 e. The van der Waals surface area contributed by atoms with Crippen LogP contribution >= 0.6 is 22.9 Å². The summed E-state index contributed by atoms with van der Waals surface area (Å²) in [5.74, 6) is 0. The van der Waals surface area contributed by atoms with Crippen LogP contribution in [0.5, 0.6) is 0 Å². The lowest BCUT2D eigenvalue weighted by Crippen LogP contribution is -2.19. The van der Waals surface area contributed by atoms with Gasteiger partial charge in [0.15, 0.2) is 0 Å². The highest BCUT2D eigenvalue weighted by atomic mass is 35.5. The van der Waals surface area contributed by atoms with Gasteiger partial charge in [-0.15, -0.1) is 11.3 Å². The zero-order chi connectivity index (χ0) is 13.9. The van der Waals surface area contributed by atoms with Crippen LogP contribution in [0.3, 0.4) is 0 Å². The molecule has 0 amide bonds. The first-order valence-electron chi connectivity index (χ1n) is 5.50. The summed E-state index contributed by atoms with van der Waals surface area (Å²) in [6.07, 6.45) is -2.50. The molecule has 3 nitrogen and oxygen atoms in total. The van der Waals surface area contributed by atoms with E-state index in [0.29, 0.717) is 19.6 Å². The smallest absolute Gasteiger partial charge is 0.310 e. The predicted molar refractivity (Wildman–Crippen MR) is 68.3 cm³/mol. The molecular formula is C11H11ClF3N3S. The van der Waals surface area contributed by atoms with E-state index in [-0.39, 0.29) is 0 Å². The van der Waals surface area contributed by atoms with Crippen molar-refractivity contribution in [1.29, 1.82) is 0 Å². The van der Waals surface area contributed by atoms with E-state index in [1.807, 2.05) is 12.1 Å². The van der Waals surface area contributed by atoms with Crippen LogP contribution in [0.15, 0.2) is 24.5 Å². The van der Waals surface area contributed by atoms with Crippen molar-refractivity contribution in [1.82, 2.24) is 15.1 Å². The van der Waals surface area contributed by atoms with Crippen LogP contribution in [0.2, 0.25) is 4.34 Å². The average molecular weight is 310 g/mol. The monoisotopic (exact) mass is 309 g/mol. The maximum absolute atomic E-state index is 12.3. The van der Waals surface area contributed by atoms with Crippen molar-refractivity contribution in [3.8, 4) is 0 Å². The first kappa shape index (κ1) is 14.4. The fourth-order valence-electron chi connectivity index (χ4n) is 1.48. The second-order valence-corrected chi connectivity index (χ2v) is 5.67. The Kier molecular flexibility index (Phi) is 4.49. The Labute approximate surface area is 117 Å². The fraction of sp³-hybridized carbons (Fsp3) is 0.364. The van der Waals surface area contributed by atoms with Crippen LogP contribution in [-0.2, 0) is 19.3 Å². The van der Waals surface area contributed by atoms with Gasteiger partial charge in [-0.05, 0) is 12.1 Å². The summed E-state index contributed by atoms with van der Waals surface area (Å²) in [5, 5.41) is 6.79. The van der Waals surface area contributed by atoms with Gasteiger partial charge in [0.05, 0.1) is 22.6 Å². The minimum absolute atomic E-state index is 0.384. The first-order chi connectivity index (χ1) is 8.95. The number of alkyl halides is 3. The molecule has 0 saturated carbocycles. The van der Waals surface area contributed by atoms with E-state index in [1.54, 1.807) is 0 Å². The van der Waals surface area contributed by atoms with E-state index in [4.69, 9.17) is 11.6 Å². The van der Waals surface area contributed by atoms with Gasteiger partial charge in [-0.25, -0.2) is 0 Å². The maximum Gasteiger partial charge on any atom is 0.419 e. The van der Waals surface area contributed by atoms with Crippen LogP contribution in [-0.4, -0.2) is 16.3 Å². The number of thiophene rings is 1. The summed E-state index contributed by atoms with van der Waals surface area (Å²) >= 11 is 7.26. The highest BCUT2D eigenvalue weighted by Gasteiger charge is 2.32. The minimum Gasteiger partial charge on any atom is -0.310 e. The third-order valence-electron chi connectivity index (χ3n) is 2.41. The molecule has 0 fully saturated rings. The van der Waals surface area contributed by atoms with Crippen molar-refractivity contribution in [2.75, 3.05) is 6.54 Å². The summed E-state index contributed by atoms with van der Waals surface area (Å²) < 4.78 is 39.0. The summed E-state index contributed by atoms with van der Waals surface area (Å²) in [6.45, 7) is 1.56. The van der Waals surface area contributed by atoms with Gasteiger partial charge in [-0.3, -0.25) is 4.68 Å². The van der Waals surface area contributed by atoms with E-state index in [0.717, 1.165) is 21.6 Å². The van der Waals surface area contributed by atoms with Crippen LogP contribution in [0, 0.1) is 0 Å². The quantitative estimate of drug-likeness (QED) is 0.858. The molecule has 2 aromatic rings. The molecule has 0 unspecified atom stereocenters. The Bertz CT molecular complexity index is 535. The van der Waals surface area contributed by atoms with Gasteiger partial charge in [0.1, 0.15) is 0 Å². The predicted octanol–water partition coefficient (Wildman–Crippen LogP) is 3.41. The molecule has 0 aliphatic rings. The number of nitrogens with zero attached hydrogens (tertiary/aromatic N) is 2. The summed E-state index contributed by atoms with van der Waals surface area (Å²) in [5.41, 5.74) is -0.725. The SMILES string of the molecule is FC(F)(F)c1cnn(CCNCc2ccc(Cl)s2)c1. The van der Waals surface area contributed by atoms with Gasteiger partial charge in [-0.2, -0.15) is 18.3 Å². The highest BCUT2D eigenvalue weighted by molar-refractivity contribution is 7.16. The topological polar surface area (TPSA) is 29.9 Å². The minimum atomic E-state index is -4.33. The molecule has 0 bridgehead atoms. The molecule has 0 atom stereocenters. The molecule has 8 heteroatoms. The normalized spacial score (nSPS) is 12.0. The molecule has 2 rings (SSSR count). The van der Waals surface area contributed by atoms with Crippen molar-refractivity contribution in [2.24, 2.45) is 0 Å². The molecule has 1 N–H and O–H groups in total. The number of hydrogen-bond donors (Lipinski definition) is 1. The van der Waals surface area contributed by atoms with E-state index in [1.165, 1.54) is 16.0 Å². The lowest BCUT2D eigenvalue weighted by Gasteiger charge is -2.04. The fourth-order valence-corrected chi connectivity index (χ4v) is 2.54. The van der Waals surface area contributed by atoms with E-state index in [9.17, 15) is 13.2 Å².